The van der Waals surface area contributed by atoms with E-state index in [9.17, 15) is 0 Å². The van der Waals surface area contributed by atoms with Crippen molar-refractivity contribution < 1.29 is 4.52 Å². The topological polar surface area (TPSA) is 75.3 Å². The van der Waals surface area contributed by atoms with Gasteiger partial charge in [0, 0.05) is 23.7 Å². The molecular formula is C17H24ClN5O. The lowest BCUT2D eigenvalue weighted by molar-refractivity contribution is 0.380. The maximum atomic E-state index is 5.88. The number of nitrogens with zero attached hydrogens (tertiary/aromatic N) is 3. The number of hydrogen-bond acceptors (Lipinski definition) is 4. The van der Waals surface area contributed by atoms with Crippen molar-refractivity contribution in [3.05, 3.63) is 35.2 Å². The molecule has 2 N–H and O–H groups in total. The number of rotatable bonds is 8. The summed E-state index contributed by atoms with van der Waals surface area (Å²) in [7, 11) is 0. The van der Waals surface area contributed by atoms with Gasteiger partial charge in [-0.2, -0.15) is 4.98 Å². The van der Waals surface area contributed by atoms with Gasteiger partial charge in [-0.05, 0) is 37.6 Å². The Labute approximate surface area is 147 Å². The summed E-state index contributed by atoms with van der Waals surface area (Å²) in [6.45, 7) is 6.27. The number of benzene rings is 1. The molecule has 24 heavy (non-hydrogen) atoms. The summed E-state index contributed by atoms with van der Waals surface area (Å²) in [5.41, 5.74) is 0.864. The van der Waals surface area contributed by atoms with Crippen LogP contribution in [0.4, 0.5) is 0 Å². The molecule has 0 aliphatic heterocycles. The molecule has 2 rings (SSSR count). The molecule has 0 fully saturated rings. The van der Waals surface area contributed by atoms with Crippen molar-refractivity contribution >= 4 is 17.6 Å². The largest absolute Gasteiger partial charge is 0.357 e. The lowest BCUT2D eigenvalue weighted by Gasteiger charge is -2.10. The monoisotopic (exact) mass is 349 g/mol. The standard InChI is InChI=1S/C17H24ClN5O/c1-3-5-6-11-20-17(19-4-2)21-12-15-22-16(23-24-15)13-7-9-14(18)10-8-13/h7-10H,3-6,11-12H2,1-2H3,(H2,19,20,21). The van der Waals surface area contributed by atoms with Crippen LogP contribution in [0.25, 0.3) is 11.4 Å². The molecule has 130 valence electrons. The van der Waals surface area contributed by atoms with Gasteiger partial charge in [-0.3, -0.25) is 0 Å². The second-order valence-corrected chi connectivity index (χ2v) is 5.78. The van der Waals surface area contributed by atoms with E-state index >= 15 is 0 Å². The van der Waals surface area contributed by atoms with Crippen LogP contribution < -0.4 is 10.6 Å². The Kier molecular flexibility index (Phi) is 7.55. The number of guanidine groups is 1. The summed E-state index contributed by atoms with van der Waals surface area (Å²) >= 11 is 5.88. The van der Waals surface area contributed by atoms with Crippen molar-refractivity contribution in [2.24, 2.45) is 4.99 Å². The molecule has 7 heteroatoms. The minimum absolute atomic E-state index is 0.337. The molecule has 0 unspecified atom stereocenters. The molecule has 1 heterocycles. The highest BCUT2D eigenvalue weighted by Crippen LogP contribution is 2.18. The van der Waals surface area contributed by atoms with Crippen molar-refractivity contribution in [1.82, 2.24) is 20.8 Å². The Morgan fingerprint density at radius 2 is 1.96 bits per heavy atom. The summed E-state index contributed by atoms with van der Waals surface area (Å²) in [5.74, 6) is 1.78. The molecular weight excluding hydrogens is 326 g/mol. The van der Waals surface area contributed by atoms with E-state index in [1.165, 1.54) is 12.8 Å². The first-order chi connectivity index (χ1) is 11.7. The van der Waals surface area contributed by atoms with Crippen LogP contribution >= 0.6 is 11.6 Å². The molecule has 0 bridgehead atoms. The first-order valence-corrected chi connectivity index (χ1v) is 8.71. The molecule has 0 aliphatic rings. The lowest BCUT2D eigenvalue weighted by Crippen LogP contribution is -2.37. The summed E-state index contributed by atoms with van der Waals surface area (Å²) < 4.78 is 5.26. The van der Waals surface area contributed by atoms with Gasteiger partial charge in [0.15, 0.2) is 5.96 Å². The predicted molar refractivity (Wildman–Crippen MR) is 97.1 cm³/mol. The van der Waals surface area contributed by atoms with Gasteiger partial charge in [-0.15, -0.1) is 0 Å². The molecule has 1 aromatic carbocycles. The molecule has 6 nitrogen and oxygen atoms in total. The number of hydrogen-bond donors (Lipinski definition) is 2. The fourth-order valence-electron chi connectivity index (χ4n) is 2.11. The Bertz CT molecular complexity index is 639. The number of aliphatic imine (C=N–C) groups is 1. The second kappa shape index (κ2) is 9.93. The van der Waals surface area contributed by atoms with E-state index in [4.69, 9.17) is 16.1 Å². The van der Waals surface area contributed by atoms with Crippen LogP contribution in [0.2, 0.25) is 5.02 Å². The maximum absolute atomic E-state index is 5.88. The van der Waals surface area contributed by atoms with E-state index in [2.05, 4.69) is 32.7 Å². The summed E-state index contributed by atoms with van der Waals surface area (Å²) in [6, 6.07) is 7.32. The molecule has 0 radical (unpaired) electrons. The van der Waals surface area contributed by atoms with E-state index in [1.54, 1.807) is 12.1 Å². The molecule has 0 amide bonds. The maximum Gasteiger partial charge on any atom is 0.248 e. The van der Waals surface area contributed by atoms with Gasteiger partial charge < -0.3 is 15.2 Å². The van der Waals surface area contributed by atoms with Gasteiger partial charge in [0.05, 0.1) is 0 Å². The van der Waals surface area contributed by atoms with Crippen LogP contribution in [0.1, 0.15) is 39.0 Å². The van der Waals surface area contributed by atoms with Crippen LogP contribution in [0.15, 0.2) is 33.8 Å². The third-order valence-electron chi connectivity index (χ3n) is 3.36. The van der Waals surface area contributed by atoms with Crippen LogP contribution in [0.5, 0.6) is 0 Å². The fraction of sp³-hybridized carbons (Fsp3) is 0.471. The minimum atomic E-state index is 0.337. The molecule has 0 saturated carbocycles. The average Bonchev–Trinajstić information content (AvgIpc) is 3.06. The van der Waals surface area contributed by atoms with E-state index in [1.807, 2.05) is 19.1 Å². The molecule has 1 aromatic heterocycles. The van der Waals surface area contributed by atoms with Gasteiger partial charge in [0.1, 0.15) is 6.54 Å². The normalized spacial score (nSPS) is 11.5. The van der Waals surface area contributed by atoms with Gasteiger partial charge in [-0.1, -0.05) is 36.5 Å². The van der Waals surface area contributed by atoms with Crippen molar-refractivity contribution in [1.29, 1.82) is 0 Å². The van der Waals surface area contributed by atoms with E-state index in [-0.39, 0.29) is 0 Å². The van der Waals surface area contributed by atoms with Crippen molar-refractivity contribution in [3.8, 4) is 11.4 Å². The van der Waals surface area contributed by atoms with Crippen LogP contribution in [0, 0.1) is 0 Å². The number of unbranched alkanes of at least 4 members (excludes halogenated alkanes) is 2. The first kappa shape index (κ1) is 18.3. The zero-order valence-corrected chi connectivity index (χ0v) is 14.9. The smallest absolute Gasteiger partial charge is 0.248 e. The number of nitrogens with one attached hydrogen (secondary N) is 2. The first-order valence-electron chi connectivity index (χ1n) is 8.33. The summed E-state index contributed by atoms with van der Waals surface area (Å²) in [5, 5.41) is 11.2. The van der Waals surface area contributed by atoms with Crippen LogP contribution in [0.3, 0.4) is 0 Å². The van der Waals surface area contributed by atoms with Crippen LogP contribution in [-0.2, 0) is 6.54 Å². The molecule has 2 aromatic rings. The Balaban J connectivity index is 1.94. The van der Waals surface area contributed by atoms with E-state index in [0.717, 1.165) is 31.0 Å². The van der Waals surface area contributed by atoms with Gasteiger partial charge in [-0.25, -0.2) is 4.99 Å². The number of aromatic nitrogens is 2. The summed E-state index contributed by atoms with van der Waals surface area (Å²) in [4.78, 5) is 8.85. The van der Waals surface area contributed by atoms with Crippen LogP contribution in [-0.4, -0.2) is 29.2 Å². The van der Waals surface area contributed by atoms with E-state index < -0.39 is 0 Å². The molecule has 0 aliphatic carbocycles. The van der Waals surface area contributed by atoms with Crippen molar-refractivity contribution in [2.45, 2.75) is 39.7 Å². The highest BCUT2D eigenvalue weighted by Gasteiger charge is 2.08. The predicted octanol–water partition coefficient (Wildman–Crippen LogP) is 3.64. The van der Waals surface area contributed by atoms with Gasteiger partial charge >= 0.3 is 0 Å². The third-order valence-corrected chi connectivity index (χ3v) is 3.61. The quantitative estimate of drug-likeness (QED) is 0.432. The van der Waals surface area contributed by atoms with Crippen molar-refractivity contribution in [3.63, 3.8) is 0 Å². The zero-order valence-electron chi connectivity index (χ0n) is 14.2. The summed E-state index contributed by atoms with van der Waals surface area (Å²) in [6.07, 6.45) is 3.54. The van der Waals surface area contributed by atoms with Gasteiger partial charge in [0.2, 0.25) is 11.7 Å². The SMILES string of the molecule is CCCCCNC(=NCc1nc(-c2ccc(Cl)cc2)no1)NCC. The molecule has 0 saturated heterocycles. The lowest BCUT2D eigenvalue weighted by atomic mass is 10.2. The average molecular weight is 350 g/mol. The fourth-order valence-corrected chi connectivity index (χ4v) is 2.23. The second-order valence-electron chi connectivity index (χ2n) is 5.35. The Morgan fingerprint density at radius 3 is 2.67 bits per heavy atom. The number of halogens is 1. The molecule has 0 spiro atoms. The Hall–Kier alpha value is -2.08. The highest BCUT2D eigenvalue weighted by molar-refractivity contribution is 6.30. The highest BCUT2D eigenvalue weighted by atomic mass is 35.5. The zero-order chi connectivity index (χ0) is 17.2. The van der Waals surface area contributed by atoms with Gasteiger partial charge in [0.25, 0.3) is 0 Å². The minimum Gasteiger partial charge on any atom is -0.357 e. The molecule has 0 atom stereocenters. The van der Waals surface area contributed by atoms with Crippen molar-refractivity contribution in [2.75, 3.05) is 13.1 Å². The Morgan fingerprint density at radius 1 is 1.17 bits per heavy atom. The third kappa shape index (κ3) is 5.85. The van der Waals surface area contributed by atoms with E-state index in [0.29, 0.717) is 23.3 Å².